The Balaban J connectivity index is 2.14. The van der Waals surface area contributed by atoms with E-state index in [-0.39, 0.29) is 5.41 Å². The predicted molar refractivity (Wildman–Crippen MR) is 63.7 cm³/mol. The molecule has 2 aliphatic rings. The quantitative estimate of drug-likeness (QED) is 0.654. The number of aliphatic hydroxyl groups is 1. The molecule has 15 heavy (non-hydrogen) atoms. The van der Waals surface area contributed by atoms with Crippen LogP contribution in [0.3, 0.4) is 0 Å². The molecule has 0 aromatic carbocycles. The van der Waals surface area contributed by atoms with Crippen LogP contribution in [0.4, 0.5) is 0 Å². The minimum absolute atomic E-state index is 0.0687. The van der Waals surface area contributed by atoms with E-state index < -0.39 is 5.50 Å². The smallest absolute Gasteiger partial charge is 0.113 e. The van der Waals surface area contributed by atoms with E-state index in [1.165, 1.54) is 19.3 Å². The first-order valence-corrected chi connectivity index (χ1v) is 6.31. The molecular weight excluding hydrogens is 183 g/mol. The van der Waals surface area contributed by atoms with E-state index in [4.69, 9.17) is 7.85 Å². The van der Waals surface area contributed by atoms with Gasteiger partial charge in [0.25, 0.3) is 0 Å². The highest BCUT2D eigenvalue weighted by Crippen LogP contribution is 2.53. The van der Waals surface area contributed by atoms with Crippen LogP contribution in [0, 0.1) is 23.2 Å². The van der Waals surface area contributed by atoms with Crippen molar-refractivity contribution in [2.75, 3.05) is 0 Å². The Bertz CT molecular complexity index is 225. The van der Waals surface area contributed by atoms with Gasteiger partial charge in [0, 0.05) is 5.50 Å². The zero-order valence-electron chi connectivity index (χ0n) is 10.3. The summed E-state index contributed by atoms with van der Waals surface area (Å²) in [5.74, 6) is 2.47. The van der Waals surface area contributed by atoms with Crippen molar-refractivity contribution >= 4 is 7.85 Å². The molecule has 3 unspecified atom stereocenters. The molecule has 1 N–H and O–H groups in total. The molecule has 0 saturated heterocycles. The van der Waals surface area contributed by atoms with Gasteiger partial charge in [0.2, 0.25) is 0 Å². The van der Waals surface area contributed by atoms with Crippen molar-refractivity contribution in [3.05, 3.63) is 0 Å². The van der Waals surface area contributed by atoms with E-state index in [1.54, 1.807) is 6.92 Å². The van der Waals surface area contributed by atoms with Gasteiger partial charge in [0.05, 0.1) is 0 Å². The van der Waals surface area contributed by atoms with Crippen LogP contribution >= 0.6 is 0 Å². The first-order chi connectivity index (χ1) is 6.80. The maximum atomic E-state index is 10.1. The lowest BCUT2D eigenvalue weighted by Crippen LogP contribution is -2.50. The highest BCUT2D eigenvalue weighted by molar-refractivity contribution is 6.14. The highest BCUT2D eigenvalue weighted by atomic mass is 16.3. The van der Waals surface area contributed by atoms with Crippen LogP contribution in [0.2, 0.25) is 0 Å². The summed E-state index contributed by atoms with van der Waals surface area (Å²) in [5, 5.41) is 10.1. The van der Waals surface area contributed by atoms with Crippen molar-refractivity contribution in [2.24, 2.45) is 23.2 Å². The Labute approximate surface area is 95.1 Å². The molecule has 0 aliphatic heterocycles. The lowest BCUT2D eigenvalue weighted by atomic mass is 9.50. The summed E-state index contributed by atoms with van der Waals surface area (Å²) in [6, 6.07) is 0. The number of hydrogen-bond acceptors (Lipinski definition) is 1. The Morgan fingerprint density at radius 2 is 1.67 bits per heavy atom. The van der Waals surface area contributed by atoms with Gasteiger partial charge < -0.3 is 5.11 Å². The zero-order chi connectivity index (χ0) is 11.3. The molecule has 0 aromatic rings. The molecule has 1 nitrogen and oxygen atoms in total. The minimum Gasteiger partial charge on any atom is -0.400 e. The molecule has 84 valence electrons. The molecule has 2 fully saturated rings. The van der Waals surface area contributed by atoms with Gasteiger partial charge in [-0.25, -0.2) is 0 Å². The van der Waals surface area contributed by atoms with Crippen molar-refractivity contribution < 1.29 is 5.11 Å². The van der Waals surface area contributed by atoms with Crippen molar-refractivity contribution in [2.45, 2.75) is 58.4 Å². The normalized spacial score (nSPS) is 49.7. The summed E-state index contributed by atoms with van der Waals surface area (Å²) in [6.45, 7) is 6.31. The molecule has 2 saturated carbocycles. The van der Waals surface area contributed by atoms with Gasteiger partial charge in [-0.05, 0) is 62.2 Å². The monoisotopic (exact) mass is 206 g/mol. The van der Waals surface area contributed by atoms with Gasteiger partial charge in [-0.15, -0.1) is 0 Å². The van der Waals surface area contributed by atoms with Gasteiger partial charge in [0.15, 0.2) is 0 Å². The number of fused-ring (bicyclic) bond motifs is 2. The molecule has 0 heterocycles. The molecule has 2 rings (SSSR count). The van der Waals surface area contributed by atoms with Gasteiger partial charge in [0.1, 0.15) is 7.85 Å². The molecule has 0 aromatic heterocycles. The van der Waals surface area contributed by atoms with E-state index in [0.29, 0.717) is 0 Å². The average Bonchev–Trinajstić information content (AvgIpc) is 1.97. The molecule has 2 aliphatic carbocycles. The van der Waals surface area contributed by atoms with Gasteiger partial charge in [-0.2, -0.15) is 0 Å². The molecule has 2 radical (unpaired) electrons. The molecule has 2 heteroatoms. The van der Waals surface area contributed by atoms with Crippen LogP contribution in [0.25, 0.3) is 0 Å². The number of hydrogen-bond donors (Lipinski definition) is 1. The standard InChI is InChI=1S/C13H23BO/c1-9-4-10-6-11(5-9)8-12(2,7-10)13(3,14)15/h9-11,15H,4-8H2,1-3H3. The summed E-state index contributed by atoms with van der Waals surface area (Å²) in [7, 11) is 5.94. The van der Waals surface area contributed by atoms with Crippen LogP contribution < -0.4 is 0 Å². The fourth-order valence-corrected chi connectivity index (χ4v) is 4.00. The summed E-state index contributed by atoms with van der Waals surface area (Å²) >= 11 is 0. The third-order valence-electron chi connectivity index (χ3n) is 4.84. The third kappa shape index (κ3) is 2.11. The molecule has 3 atom stereocenters. The second-order valence-electron chi connectivity index (χ2n) is 6.66. The van der Waals surface area contributed by atoms with Gasteiger partial charge in [-0.3, -0.25) is 0 Å². The van der Waals surface area contributed by atoms with E-state index >= 15 is 0 Å². The summed E-state index contributed by atoms with van der Waals surface area (Å²) in [4.78, 5) is 0. The van der Waals surface area contributed by atoms with Gasteiger partial charge >= 0.3 is 0 Å². The maximum absolute atomic E-state index is 10.1. The summed E-state index contributed by atoms with van der Waals surface area (Å²) in [5.41, 5.74) is -1.08. The van der Waals surface area contributed by atoms with Crippen LogP contribution in [0.15, 0.2) is 0 Å². The van der Waals surface area contributed by atoms with Crippen LogP contribution in [0.5, 0.6) is 0 Å². The fourth-order valence-electron chi connectivity index (χ4n) is 4.00. The summed E-state index contributed by atoms with van der Waals surface area (Å²) < 4.78 is 0. The Morgan fingerprint density at radius 3 is 2.07 bits per heavy atom. The summed E-state index contributed by atoms with van der Waals surface area (Å²) in [6.07, 6.45) is 6.26. The third-order valence-corrected chi connectivity index (χ3v) is 4.84. The SMILES string of the molecule is [B]C(C)(O)C1(C)CC2CC(C)CC(C2)C1. The van der Waals surface area contributed by atoms with Crippen molar-refractivity contribution in [1.82, 2.24) is 0 Å². The first kappa shape index (κ1) is 11.5. The topological polar surface area (TPSA) is 20.2 Å². The largest absolute Gasteiger partial charge is 0.400 e. The maximum Gasteiger partial charge on any atom is 0.113 e. The molecule has 0 amide bonds. The van der Waals surface area contributed by atoms with Crippen molar-refractivity contribution in [3.8, 4) is 0 Å². The lowest BCUT2D eigenvalue weighted by Gasteiger charge is -2.52. The highest BCUT2D eigenvalue weighted by Gasteiger charge is 2.47. The average molecular weight is 206 g/mol. The van der Waals surface area contributed by atoms with E-state index in [1.807, 2.05) is 0 Å². The first-order valence-electron chi connectivity index (χ1n) is 6.31. The van der Waals surface area contributed by atoms with Crippen LogP contribution in [-0.4, -0.2) is 18.5 Å². The second-order valence-corrected chi connectivity index (χ2v) is 6.66. The Hall–Kier alpha value is 0.0249. The van der Waals surface area contributed by atoms with E-state index in [2.05, 4.69) is 13.8 Å². The van der Waals surface area contributed by atoms with Crippen LogP contribution in [0.1, 0.15) is 52.9 Å². The zero-order valence-corrected chi connectivity index (χ0v) is 10.3. The Morgan fingerprint density at radius 1 is 1.20 bits per heavy atom. The van der Waals surface area contributed by atoms with Crippen LogP contribution in [-0.2, 0) is 0 Å². The lowest BCUT2D eigenvalue weighted by molar-refractivity contribution is -0.0632. The van der Waals surface area contributed by atoms with Crippen molar-refractivity contribution in [1.29, 1.82) is 0 Å². The van der Waals surface area contributed by atoms with E-state index in [0.717, 1.165) is 30.6 Å². The predicted octanol–water partition coefficient (Wildman–Crippen LogP) is 2.72. The molecule has 0 spiro atoms. The van der Waals surface area contributed by atoms with Crippen molar-refractivity contribution in [3.63, 3.8) is 0 Å². The molecular formula is C13H23BO. The number of rotatable bonds is 1. The Kier molecular flexibility index (Phi) is 2.70. The fraction of sp³-hybridized carbons (Fsp3) is 1.00. The molecule has 2 bridgehead atoms. The second kappa shape index (κ2) is 3.51. The van der Waals surface area contributed by atoms with Gasteiger partial charge in [-0.1, -0.05) is 13.8 Å². The van der Waals surface area contributed by atoms with E-state index in [9.17, 15) is 5.11 Å². The minimum atomic E-state index is -1.01.